The second kappa shape index (κ2) is 9.72. The molecule has 3 aromatic carbocycles. The third-order valence-electron chi connectivity index (χ3n) is 8.00. The maximum Gasteiger partial charge on any atom is 0.123 e. The van der Waals surface area contributed by atoms with Crippen molar-refractivity contribution in [3.63, 3.8) is 0 Å². The van der Waals surface area contributed by atoms with Gasteiger partial charge >= 0.3 is 0 Å². The average Bonchev–Trinajstić information content (AvgIpc) is 2.71. The summed E-state index contributed by atoms with van der Waals surface area (Å²) in [5.74, 6) is 0.814. The molecule has 2 nitrogen and oxygen atoms in total. The molecule has 2 N–H and O–H groups in total. The van der Waals surface area contributed by atoms with E-state index in [1.165, 1.54) is 27.8 Å². The summed E-state index contributed by atoms with van der Waals surface area (Å²) in [6.07, 6.45) is 0. The SMILES string of the molecule is Cc1cc(C)c(-c2cc(C(C)(C)C)c(O)c(C(C)(C)C)c2)c(C)c1-c1cc(C(C)(C)C)c(O)c(C(C)(C)C)c1. The topological polar surface area (TPSA) is 40.5 Å². The van der Waals surface area contributed by atoms with Crippen LogP contribution in [0.5, 0.6) is 11.5 Å². The molecule has 0 aliphatic carbocycles. The van der Waals surface area contributed by atoms with E-state index in [-0.39, 0.29) is 21.7 Å². The van der Waals surface area contributed by atoms with E-state index in [9.17, 15) is 10.2 Å². The lowest BCUT2D eigenvalue weighted by Crippen LogP contribution is -2.18. The summed E-state index contributed by atoms with van der Waals surface area (Å²) in [6, 6.07) is 11.1. The number of phenols is 2. The van der Waals surface area contributed by atoms with Gasteiger partial charge in [-0.1, -0.05) is 89.2 Å². The van der Waals surface area contributed by atoms with Gasteiger partial charge in [-0.15, -0.1) is 0 Å². The molecule has 0 heterocycles. The van der Waals surface area contributed by atoms with Gasteiger partial charge in [0.25, 0.3) is 0 Å². The molecule has 3 aromatic rings. The van der Waals surface area contributed by atoms with Crippen molar-refractivity contribution >= 4 is 0 Å². The van der Waals surface area contributed by atoms with Gasteiger partial charge in [-0.25, -0.2) is 0 Å². The Bertz CT molecular complexity index is 1230. The van der Waals surface area contributed by atoms with E-state index in [1.807, 2.05) is 0 Å². The Labute approximate surface area is 238 Å². The predicted molar refractivity (Wildman–Crippen MR) is 170 cm³/mol. The van der Waals surface area contributed by atoms with Crippen LogP contribution in [0.25, 0.3) is 22.3 Å². The first-order valence-electron chi connectivity index (χ1n) is 14.3. The molecule has 0 saturated carbocycles. The first kappa shape index (κ1) is 30.8. The summed E-state index contributed by atoms with van der Waals surface area (Å²) in [6.45, 7) is 32.6. The van der Waals surface area contributed by atoms with E-state index >= 15 is 0 Å². The molecule has 0 unspecified atom stereocenters. The van der Waals surface area contributed by atoms with Crippen LogP contribution in [-0.2, 0) is 21.7 Å². The van der Waals surface area contributed by atoms with Gasteiger partial charge in [-0.2, -0.15) is 0 Å². The molecule has 0 aromatic heterocycles. The lowest BCUT2D eigenvalue weighted by Gasteiger charge is -2.30. The van der Waals surface area contributed by atoms with E-state index in [2.05, 4.69) is 134 Å². The number of aryl methyl sites for hydroxylation is 2. The molecule has 2 heteroatoms. The molecule has 0 spiro atoms. The van der Waals surface area contributed by atoms with Crippen LogP contribution in [0.4, 0.5) is 0 Å². The van der Waals surface area contributed by atoms with Crippen LogP contribution in [0.3, 0.4) is 0 Å². The van der Waals surface area contributed by atoms with Crippen LogP contribution >= 0.6 is 0 Å². The van der Waals surface area contributed by atoms with E-state index in [0.717, 1.165) is 33.4 Å². The molecule has 212 valence electrons. The van der Waals surface area contributed by atoms with Gasteiger partial charge in [-0.3, -0.25) is 0 Å². The lowest BCUT2D eigenvalue weighted by atomic mass is 9.75. The number of aromatic hydroxyl groups is 2. The molecule has 0 saturated heterocycles. The molecule has 3 rings (SSSR count). The first-order chi connectivity index (χ1) is 17.5. The third-order valence-corrected chi connectivity index (χ3v) is 8.00. The smallest absolute Gasteiger partial charge is 0.123 e. The van der Waals surface area contributed by atoms with Gasteiger partial charge in [0.2, 0.25) is 0 Å². The van der Waals surface area contributed by atoms with Crippen molar-refractivity contribution in [1.29, 1.82) is 0 Å². The maximum atomic E-state index is 11.4. The predicted octanol–water partition coefficient (Wildman–Crippen LogP) is 10.5. The Morgan fingerprint density at radius 2 is 0.641 bits per heavy atom. The maximum absolute atomic E-state index is 11.4. The summed E-state index contributed by atoms with van der Waals surface area (Å²) in [4.78, 5) is 0. The van der Waals surface area contributed by atoms with Crippen molar-refractivity contribution in [3.05, 3.63) is 69.3 Å². The van der Waals surface area contributed by atoms with Gasteiger partial charge in [0.15, 0.2) is 0 Å². The highest BCUT2D eigenvalue weighted by molar-refractivity contribution is 5.84. The number of phenolic OH excluding ortho intramolecular Hbond substituents is 2. The minimum absolute atomic E-state index is 0.199. The summed E-state index contributed by atoms with van der Waals surface area (Å²) in [5.41, 5.74) is 11.5. The zero-order valence-corrected chi connectivity index (χ0v) is 27.3. The minimum Gasteiger partial charge on any atom is -0.507 e. The average molecular weight is 529 g/mol. The second-order valence-corrected chi connectivity index (χ2v) is 15.7. The largest absolute Gasteiger partial charge is 0.507 e. The summed E-state index contributed by atoms with van der Waals surface area (Å²) in [7, 11) is 0. The second-order valence-electron chi connectivity index (χ2n) is 15.7. The lowest BCUT2D eigenvalue weighted by molar-refractivity contribution is 0.422. The molecular formula is C37H52O2. The van der Waals surface area contributed by atoms with Crippen molar-refractivity contribution in [1.82, 2.24) is 0 Å². The monoisotopic (exact) mass is 528 g/mol. The van der Waals surface area contributed by atoms with Gasteiger partial charge in [-0.05, 0) is 106 Å². The Morgan fingerprint density at radius 1 is 0.410 bits per heavy atom. The Morgan fingerprint density at radius 3 is 0.846 bits per heavy atom. The van der Waals surface area contributed by atoms with Crippen LogP contribution in [0.1, 0.15) is 122 Å². The molecule has 0 radical (unpaired) electrons. The fourth-order valence-corrected chi connectivity index (χ4v) is 5.92. The van der Waals surface area contributed by atoms with E-state index < -0.39 is 0 Å². The van der Waals surface area contributed by atoms with Gasteiger partial charge in [0, 0.05) is 22.3 Å². The fourth-order valence-electron chi connectivity index (χ4n) is 5.92. The van der Waals surface area contributed by atoms with E-state index in [1.54, 1.807) is 0 Å². The van der Waals surface area contributed by atoms with Crippen molar-refractivity contribution in [3.8, 4) is 33.8 Å². The normalized spacial score (nSPS) is 13.2. The molecule has 0 fully saturated rings. The van der Waals surface area contributed by atoms with Crippen LogP contribution in [-0.4, -0.2) is 10.2 Å². The zero-order valence-electron chi connectivity index (χ0n) is 27.3. The van der Waals surface area contributed by atoms with Crippen molar-refractivity contribution in [2.75, 3.05) is 0 Å². The fraction of sp³-hybridized carbons (Fsp3) is 0.514. The Kier molecular flexibility index (Phi) is 7.67. The van der Waals surface area contributed by atoms with Crippen LogP contribution in [0, 0.1) is 20.8 Å². The Balaban J connectivity index is 2.48. The highest BCUT2D eigenvalue weighted by Crippen LogP contribution is 2.47. The minimum atomic E-state index is -0.199. The summed E-state index contributed by atoms with van der Waals surface area (Å²) in [5, 5.41) is 22.7. The summed E-state index contributed by atoms with van der Waals surface area (Å²) < 4.78 is 0. The van der Waals surface area contributed by atoms with Crippen LogP contribution in [0.2, 0.25) is 0 Å². The zero-order chi connectivity index (χ0) is 30.0. The van der Waals surface area contributed by atoms with E-state index in [0.29, 0.717) is 11.5 Å². The number of hydrogen-bond donors (Lipinski definition) is 2. The quantitative estimate of drug-likeness (QED) is 0.347. The molecular weight excluding hydrogens is 476 g/mol. The standard InChI is InChI=1S/C37H52O2/c1-21-16-22(2)31(25-19-28(36(10,11)12)33(39)29(20-25)37(13,14)15)23(3)30(21)24-17-26(34(4,5)6)32(38)27(18-24)35(7,8)9/h16-20,38-39H,1-15H3. The molecule has 0 atom stereocenters. The van der Waals surface area contributed by atoms with Gasteiger partial charge in [0.1, 0.15) is 11.5 Å². The van der Waals surface area contributed by atoms with Gasteiger partial charge in [0.05, 0.1) is 0 Å². The highest BCUT2D eigenvalue weighted by Gasteiger charge is 2.30. The van der Waals surface area contributed by atoms with E-state index in [4.69, 9.17) is 0 Å². The van der Waals surface area contributed by atoms with Crippen LogP contribution < -0.4 is 0 Å². The third kappa shape index (κ3) is 5.91. The molecule has 0 aliphatic heterocycles. The van der Waals surface area contributed by atoms with Crippen molar-refractivity contribution < 1.29 is 10.2 Å². The molecule has 0 bridgehead atoms. The molecule has 39 heavy (non-hydrogen) atoms. The van der Waals surface area contributed by atoms with Crippen LogP contribution in [0.15, 0.2) is 30.3 Å². The van der Waals surface area contributed by atoms with Crippen molar-refractivity contribution in [2.24, 2.45) is 0 Å². The summed E-state index contributed by atoms with van der Waals surface area (Å²) >= 11 is 0. The number of hydrogen-bond acceptors (Lipinski definition) is 2. The van der Waals surface area contributed by atoms with Gasteiger partial charge < -0.3 is 10.2 Å². The first-order valence-corrected chi connectivity index (χ1v) is 14.3. The van der Waals surface area contributed by atoms with Crippen molar-refractivity contribution in [2.45, 2.75) is 126 Å². The highest BCUT2D eigenvalue weighted by atomic mass is 16.3. The number of rotatable bonds is 2. The molecule has 0 aliphatic rings. The Hall–Kier alpha value is -2.74. The molecule has 0 amide bonds. The number of benzene rings is 3.